The molecule has 8 heteroatoms. The lowest BCUT2D eigenvalue weighted by atomic mass is 10.1. The van der Waals surface area contributed by atoms with Crippen LogP contribution in [0.3, 0.4) is 0 Å². The van der Waals surface area contributed by atoms with Crippen molar-refractivity contribution in [2.75, 3.05) is 37.9 Å². The van der Waals surface area contributed by atoms with Crippen molar-refractivity contribution in [3.63, 3.8) is 0 Å². The Kier molecular flexibility index (Phi) is 4.69. The van der Waals surface area contributed by atoms with Crippen LogP contribution in [0.2, 0.25) is 0 Å². The summed E-state index contributed by atoms with van der Waals surface area (Å²) in [5.41, 5.74) is 2.13. The van der Waals surface area contributed by atoms with Crippen LogP contribution in [-0.4, -0.2) is 53.1 Å². The Labute approximate surface area is 167 Å². The molecular weight excluding hydrogens is 373 g/mol. The van der Waals surface area contributed by atoms with Gasteiger partial charge in [-0.15, -0.1) is 5.10 Å². The third kappa shape index (κ3) is 3.71. The monoisotopic (exact) mass is 393 g/mol. The lowest BCUT2D eigenvalue weighted by Gasteiger charge is -2.34. The zero-order chi connectivity index (χ0) is 19.6. The molecule has 0 amide bonds. The Morgan fingerprint density at radius 1 is 0.966 bits per heavy atom. The van der Waals surface area contributed by atoms with Gasteiger partial charge in [0, 0.05) is 38.3 Å². The molecule has 1 saturated heterocycles. The van der Waals surface area contributed by atoms with E-state index >= 15 is 0 Å². The average molecular weight is 393 g/mol. The van der Waals surface area contributed by atoms with Crippen molar-refractivity contribution < 1.29 is 13.9 Å². The van der Waals surface area contributed by atoms with Gasteiger partial charge in [-0.25, -0.2) is 9.37 Å². The van der Waals surface area contributed by atoms with Gasteiger partial charge in [-0.05, 0) is 29.8 Å². The van der Waals surface area contributed by atoms with Crippen molar-refractivity contribution in [2.24, 2.45) is 0 Å². The maximum Gasteiger partial charge on any atom is 0.245 e. The van der Waals surface area contributed by atoms with Gasteiger partial charge in [0.2, 0.25) is 12.7 Å². The van der Waals surface area contributed by atoms with Crippen molar-refractivity contribution in [3.8, 4) is 22.8 Å². The van der Waals surface area contributed by atoms with Crippen LogP contribution < -0.4 is 14.4 Å². The number of hydrogen-bond donors (Lipinski definition) is 0. The standard InChI is InChI=1S/C21H20FN5O2/c22-17-4-2-1-3-16(17)18-12-23-25-21(24-18)27-9-7-26(8-10-27)13-15-5-6-19-20(11-15)29-14-28-19/h1-6,11-12H,7-10,13-14H2. The SMILES string of the molecule is Fc1ccccc1-c1cnnc(N2CCN(Cc3ccc4c(c3)OCO4)CC2)n1. The van der Waals surface area contributed by atoms with Crippen LogP contribution in [0.4, 0.5) is 10.3 Å². The van der Waals surface area contributed by atoms with E-state index in [1.165, 1.54) is 17.8 Å². The molecule has 3 aromatic rings. The number of fused-ring (bicyclic) bond motifs is 1. The number of hydrogen-bond acceptors (Lipinski definition) is 7. The van der Waals surface area contributed by atoms with Crippen LogP contribution in [0, 0.1) is 5.82 Å². The number of aromatic nitrogens is 3. The van der Waals surface area contributed by atoms with E-state index in [4.69, 9.17) is 9.47 Å². The smallest absolute Gasteiger partial charge is 0.245 e. The quantitative estimate of drug-likeness (QED) is 0.675. The minimum Gasteiger partial charge on any atom is -0.454 e. The number of nitrogens with zero attached hydrogens (tertiary/aromatic N) is 5. The van der Waals surface area contributed by atoms with E-state index in [0.29, 0.717) is 17.2 Å². The molecule has 1 aromatic heterocycles. The highest BCUT2D eigenvalue weighted by Crippen LogP contribution is 2.33. The lowest BCUT2D eigenvalue weighted by Crippen LogP contribution is -2.46. The van der Waals surface area contributed by atoms with Gasteiger partial charge in [0.25, 0.3) is 0 Å². The van der Waals surface area contributed by atoms with E-state index in [9.17, 15) is 4.39 Å². The average Bonchev–Trinajstić information content (AvgIpc) is 3.23. The van der Waals surface area contributed by atoms with Crippen LogP contribution in [0.1, 0.15) is 5.56 Å². The predicted octanol–water partition coefficient (Wildman–Crippen LogP) is 2.73. The van der Waals surface area contributed by atoms with Crippen LogP contribution in [-0.2, 0) is 6.54 Å². The third-order valence-electron chi connectivity index (χ3n) is 5.20. The van der Waals surface area contributed by atoms with Crippen molar-refractivity contribution in [3.05, 3.63) is 60.0 Å². The van der Waals surface area contributed by atoms with E-state index in [1.807, 2.05) is 12.1 Å². The summed E-state index contributed by atoms with van der Waals surface area (Å²) in [6, 6.07) is 12.6. The largest absolute Gasteiger partial charge is 0.454 e. The van der Waals surface area contributed by atoms with Crippen LogP contribution >= 0.6 is 0 Å². The highest BCUT2D eigenvalue weighted by atomic mass is 19.1. The number of ether oxygens (including phenoxy) is 2. The first-order chi connectivity index (χ1) is 14.3. The van der Waals surface area contributed by atoms with Crippen molar-refractivity contribution in [1.82, 2.24) is 20.1 Å². The summed E-state index contributed by atoms with van der Waals surface area (Å²) >= 11 is 0. The number of rotatable bonds is 4. The summed E-state index contributed by atoms with van der Waals surface area (Å²) in [5.74, 6) is 1.84. The topological polar surface area (TPSA) is 63.6 Å². The Bertz CT molecular complexity index is 1020. The van der Waals surface area contributed by atoms with Crippen molar-refractivity contribution in [1.29, 1.82) is 0 Å². The second kappa shape index (κ2) is 7.63. The normalized spacial score (nSPS) is 16.2. The molecular formula is C21H20FN5O2. The second-order valence-electron chi connectivity index (χ2n) is 7.07. The summed E-state index contributed by atoms with van der Waals surface area (Å²) in [7, 11) is 0. The molecule has 2 aliphatic rings. The molecule has 0 atom stereocenters. The van der Waals surface area contributed by atoms with Gasteiger partial charge < -0.3 is 14.4 Å². The molecule has 0 saturated carbocycles. The molecule has 0 unspecified atom stereocenters. The van der Waals surface area contributed by atoms with Gasteiger partial charge in [0.05, 0.1) is 11.9 Å². The van der Waals surface area contributed by atoms with Gasteiger partial charge in [0.15, 0.2) is 11.5 Å². The first kappa shape index (κ1) is 17.8. The van der Waals surface area contributed by atoms with Crippen molar-refractivity contribution >= 4 is 5.95 Å². The second-order valence-corrected chi connectivity index (χ2v) is 7.07. The molecule has 0 radical (unpaired) electrons. The first-order valence-corrected chi connectivity index (χ1v) is 9.57. The minimum atomic E-state index is -0.313. The van der Waals surface area contributed by atoms with Gasteiger partial charge in [-0.2, -0.15) is 5.10 Å². The Morgan fingerprint density at radius 2 is 1.79 bits per heavy atom. The van der Waals surface area contributed by atoms with Gasteiger partial charge in [-0.3, -0.25) is 4.90 Å². The summed E-state index contributed by atoms with van der Waals surface area (Å²) in [4.78, 5) is 9.01. The van der Waals surface area contributed by atoms with E-state index in [1.54, 1.807) is 18.2 Å². The zero-order valence-corrected chi connectivity index (χ0v) is 15.8. The first-order valence-electron chi connectivity index (χ1n) is 9.57. The summed E-state index contributed by atoms with van der Waals surface area (Å²) in [6.45, 7) is 4.46. The highest BCUT2D eigenvalue weighted by molar-refractivity contribution is 5.59. The minimum absolute atomic E-state index is 0.289. The van der Waals surface area contributed by atoms with E-state index in [-0.39, 0.29) is 12.6 Å². The highest BCUT2D eigenvalue weighted by Gasteiger charge is 2.21. The molecule has 5 rings (SSSR count). The molecule has 0 bridgehead atoms. The van der Waals surface area contributed by atoms with E-state index in [2.05, 4.69) is 31.0 Å². The van der Waals surface area contributed by atoms with Gasteiger partial charge in [-0.1, -0.05) is 18.2 Å². The lowest BCUT2D eigenvalue weighted by molar-refractivity contribution is 0.174. The fraction of sp³-hybridized carbons (Fsp3) is 0.286. The van der Waals surface area contributed by atoms with E-state index in [0.717, 1.165) is 44.2 Å². The predicted molar refractivity (Wildman–Crippen MR) is 105 cm³/mol. The van der Waals surface area contributed by atoms with Crippen molar-refractivity contribution in [2.45, 2.75) is 6.54 Å². The van der Waals surface area contributed by atoms with Gasteiger partial charge in [0.1, 0.15) is 5.82 Å². The molecule has 0 spiro atoms. The molecule has 3 heterocycles. The Morgan fingerprint density at radius 3 is 2.66 bits per heavy atom. The van der Waals surface area contributed by atoms with Crippen LogP contribution in [0.25, 0.3) is 11.3 Å². The number of piperazine rings is 1. The molecule has 148 valence electrons. The zero-order valence-electron chi connectivity index (χ0n) is 15.8. The molecule has 29 heavy (non-hydrogen) atoms. The van der Waals surface area contributed by atoms with Crippen LogP contribution in [0.15, 0.2) is 48.7 Å². The van der Waals surface area contributed by atoms with E-state index < -0.39 is 0 Å². The fourth-order valence-corrected chi connectivity index (χ4v) is 3.63. The number of halogens is 1. The Balaban J connectivity index is 1.24. The molecule has 7 nitrogen and oxygen atoms in total. The van der Waals surface area contributed by atoms with Crippen LogP contribution in [0.5, 0.6) is 11.5 Å². The molecule has 0 N–H and O–H groups in total. The Hall–Kier alpha value is -3.26. The third-order valence-corrected chi connectivity index (χ3v) is 5.20. The number of benzene rings is 2. The molecule has 0 aliphatic carbocycles. The number of anilines is 1. The molecule has 2 aromatic carbocycles. The fourth-order valence-electron chi connectivity index (χ4n) is 3.63. The molecule has 1 fully saturated rings. The van der Waals surface area contributed by atoms with Gasteiger partial charge >= 0.3 is 0 Å². The summed E-state index contributed by atoms with van der Waals surface area (Å²) < 4.78 is 24.9. The maximum absolute atomic E-state index is 14.1. The molecule has 2 aliphatic heterocycles. The maximum atomic E-state index is 14.1. The summed E-state index contributed by atoms with van der Waals surface area (Å²) in [6.07, 6.45) is 1.50. The summed E-state index contributed by atoms with van der Waals surface area (Å²) in [5, 5.41) is 8.20.